The van der Waals surface area contributed by atoms with Gasteiger partial charge in [0.25, 0.3) is 0 Å². The summed E-state index contributed by atoms with van der Waals surface area (Å²) in [4.78, 5) is 16.4. The Morgan fingerprint density at radius 2 is 1.82 bits per heavy atom. The van der Waals surface area contributed by atoms with E-state index in [2.05, 4.69) is 20.8 Å². The van der Waals surface area contributed by atoms with Gasteiger partial charge in [-0.15, -0.1) is 0 Å². The molecule has 1 aliphatic rings. The van der Waals surface area contributed by atoms with E-state index in [9.17, 15) is 22.4 Å². The summed E-state index contributed by atoms with van der Waals surface area (Å²) < 4.78 is 58.6. The second kappa shape index (κ2) is 10.3. The highest BCUT2D eigenvalue weighted by Crippen LogP contribution is 2.30. The Bertz CT molecular complexity index is 995. The van der Waals surface area contributed by atoms with Gasteiger partial charge < -0.3 is 9.64 Å². The Balaban J connectivity index is 1.48. The Kier molecular flexibility index (Phi) is 7.91. The van der Waals surface area contributed by atoms with Crippen molar-refractivity contribution in [3.05, 3.63) is 65.0 Å². The lowest BCUT2D eigenvalue weighted by Crippen LogP contribution is -2.53. The average molecular weight is 481 g/mol. The molecule has 0 spiro atoms. The molecule has 4 nitrogen and oxygen atoms in total. The number of rotatable bonds is 8. The number of nitrogens with zero attached hydrogens (tertiary/aromatic N) is 2. The summed E-state index contributed by atoms with van der Waals surface area (Å²) in [6, 6.07) is 9.32. The first-order valence-corrected chi connectivity index (χ1v) is 11.4. The molecule has 0 unspecified atom stereocenters. The predicted molar refractivity (Wildman–Crippen MR) is 123 cm³/mol. The third kappa shape index (κ3) is 7.19. The molecule has 1 heterocycles. The molecule has 2 aromatic rings. The fourth-order valence-electron chi connectivity index (χ4n) is 3.77. The molecule has 1 amide bonds. The van der Waals surface area contributed by atoms with E-state index in [1.54, 1.807) is 17.0 Å². The molecule has 8 heteroatoms. The summed E-state index contributed by atoms with van der Waals surface area (Å²) in [7, 11) is 1.83. The normalized spacial score (nSPS) is 15.2. The number of benzene rings is 2. The molecule has 0 N–H and O–H groups in total. The largest absolute Gasteiger partial charge is 0.489 e. The van der Waals surface area contributed by atoms with Gasteiger partial charge in [-0.2, -0.15) is 13.2 Å². The number of ether oxygens (including phenoxy) is 1. The number of hydrogen-bond acceptors (Lipinski definition) is 3. The predicted octanol–water partition coefficient (Wildman–Crippen LogP) is 5.75. The minimum Gasteiger partial charge on any atom is -0.489 e. The molecule has 0 bridgehead atoms. The van der Waals surface area contributed by atoms with Crippen LogP contribution >= 0.6 is 0 Å². The summed E-state index contributed by atoms with van der Waals surface area (Å²) in [5, 5.41) is 0. The number of halogens is 4. The van der Waals surface area contributed by atoms with Gasteiger partial charge in [0.05, 0.1) is 11.5 Å². The molecule has 0 saturated carbocycles. The van der Waals surface area contributed by atoms with Gasteiger partial charge >= 0.3 is 6.18 Å². The topological polar surface area (TPSA) is 32.8 Å². The standard InChI is InChI=1S/C26H32F4N2O2/c1-25(2,3)10-11-31(4)24(33)20-15-32(16-20)14-19-8-9-22(13-23(19)27)34-17-18-6-5-7-21(12-18)26(28,29)30/h5-9,12-13,20H,10-11,14-17H2,1-4H3. The van der Waals surface area contributed by atoms with E-state index in [0.717, 1.165) is 25.1 Å². The Labute approximate surface area is 198 Å². The lowest BCUT2D eigenvalue weighted by Gasteiger charge is -2.40. The van der Waals surface area contributed by atoms with Crippen LogP contribution in [0, 0.1) is 17.2 Å². The van der Waals surface area contributed by atoms with Crippen LogP contribution in [-0.4, -0.2) is 42.4 Å². The van der Waals surface area contributed by atoms with Gasteiger partial charge in [-0.3, -0.25) is 9.69 Å². The lowest BCUT2D eigenvalue weighted by atomic mass is 9.91. The second-order valence-corrected chi connectivity index (χ2v) is 10.2. The molecule has 0 radical (unpaired) electrons. The second-order valence-electron chi connectivity index (χ2n) is 10.2. The monoisotopic (exact) mass is 480 g/mol. The van der Waals surface area contributed by atoms with Crippen molar-refractivity contribution in [1.82, 2.24) is 9.80 Å². The molecule has 34 heavy (non-hydrogen) atoms. The zero-order valence-corrected chi connectivity index (χ0v) is 20.1. The van der Waals surface area contributed by atoms with Gasteiger partial charge in [-0.1, -0.05) is 39.0 Å². The summed E-state index contributed by atoms with van der Waals surface area (Å²) >= 11 is 0. The maximum Gasteiger partial charge on any atom is 0.416 e. The molecule has 1 saturated heterocycles. The molecule has 1 fully saturated rings. The first-order valence-electron chi connectivity index (χ1n) is 11.4. The number of alkyl halides is 3. The van der Waals surface area contributed by atoms with Crippen molar-refractivity contribution in [2.24, 2.45) is 11.3 Å². The quantitative estimate of drug-likeness (QED) is 0.451. The Morgan fingerprint density at radius 3 is 2.44 bits per heavy atom. The van der Waals surface area contributed by atoms with Gasteiger partial charge in [0.2, 0.25) is 5.91 Å². The van der Waals surface area contributed by atoms with Crippen molar-refractivity contribution >= 4 is 5.91 Å². The highest BCUT2D eigenvalue weighted by molar-refractivity contribution is 5.80. The zero-order valence-electron chi connectivity index (χ0n) is 20.1. The summed E-state index contributed by atoms with van der Waals surface area (Å²) in [5.74, 6) is -0.142. The third-order valence-corrected chi connectivity index (χ3v) is 5.96. The number of amides is 1. The van der Waals surface area contributed by atoms with Gasteiger partial charge in [-0.25, -0.2) is 4.39 Å². The number of carbonyl (C=O) groups excluding carboxylic acids is 1. The van der Waals surface area contributed by atoms with E-state index in [1.165, 1.54) is 18.2 Å². The van der Waals surface area contributed by atoms with Crippen LogP contribution in [0.4, 0.5) is 17.6 Å². The van der Waals surface area contributed by atoms with E-state index in [0.29, 0.717) is 30.8 Å². The molecule has 3 rings (SSSR count). The third-order valence-electron chi connectivity index (χ3n) is 5.96. The zero-order chi connectivity index (χ0) is 25.1. The van der Waals surface area contributed by atoms with E-state index >= 15 is 0 Å². The smallest absolute Gasteiger partial charge is 0.416 e. The van der Waals surface area contributed by atoms with Crippen LogP contribution in [0.15, 0.2) is 42.5 Å². The summed E-state index contributed by atoms with van der Waals surface area (Å²) in [6.45, 7) is 8.62. The molecule has 186 valence electrons. The molecule has 0 atom stereocenters. The average Bonchev–Trinajstić information content (AvgIpc) is 2.72. The number of hydrogen-bond donors (Lipinski definition) is 0. The minimum atomic E-state index is -4.42. The summed E-state index contributed by atoms with van der Waals surface area (Å²) in [5.41, 5.74) is 0.254. The van der Waals surface area contributed by atoms with E-state index < -0.39 is 17.6 Å². The van der Waals surface area contributed by atoms with Crippen LogP contribution in [-0.2, 0) is 24.1 Å². The van der Waals surface area contributed by atoms with Crippen molar-refractivity contribution in [3.8, 4) is 5.75 Å². The van der Waals surface area contributed by atoms with Crippen molar-refractivity contribution in [2.75, 3.05) is 26.7 Å². The Hall–Kier alpha value is -2.61. The molecular formula is C26H32F4N2O2. The lowest BCUT2D eigenvalue weighted by molar-refractivity contribution is -0.140. The highest BCUT2D eigenvalue weighted by atomic mass is 19.4. The van der Waals surface area contributed by atoms with Crippen molar-refractivity contribution in [1.29, 1.82) is 0 Å². The van der Waals surface area contributed by atoms with Crippen LogP contribution < -0.4 is 4.74 Å². The molecule has 1 aliphatic heterocycles. The highest BCUT2D eigenvalue weighted by Gasteiger charge is 2.35. The van der Waals surface area contributed by atoms with Crippen LogP contribution in [0.2, 0.25) is 0 Å². The maximum atomic E-state index is 14.6. The van der Waals surface area contributed by atoms with Crippen molar-refractivity contribution < 1.29 is 27.1 Å². The van der Waals surface area contributed by atoms with Crippen molar-refractivity contribution in [2.45, 2.75) is 46.5 Å². The first-order chi connectivity index (χ1) is 15.8. The fourth-order valence-corrected chi connectivity index (χ4v) is 3.77. The van der Waals surface area contributed by atoms with Crippen LogP contribution in [0.25, 0.3) is 0 Å². The molecule has 0 aliphatic carbocycles. The van der Waals surface area contributed by atoms with Crippen molar-refractivity contribution in [3.63, 3.8) is 0 Å². The molecular weight excluding hydrogens is 448 g/mol. The molecule has 0 aromatic heterocycles. The van der Waals surface area contributed by atoms with Crippen LogP contribution in [0.1, 0.15) is 43.9 Å². The number of carbonyl (C=O) groups is 1. The molecule has 2 aromatic carbocycles. The summed E-state index contributed by atoms with van der Waals surface area (Å²) in [6.07, 6.45) is -3.49. The van der Waals surface area contributed by atoms with E-state index in [-0.39, 0.29) is 29.6 Å². The van der Waals surface area contributed by atoms with E-state index in [4.69, 9.17) is 4.74 Å². The van der Waals surface area contributed by atoms with Gasteiger partial charge in [0, 0.05) is 44.9 Å². The maximum absolute atomic E-state index is 14.6. The first kappa shape index (κ1) is 26.0. The SMILES string of the molecule is CN(CCC(C)(C)C)C(=O)C1CN(Cc2ccc(OCc3cccc(C(F)(F)F)c3)cc2F)C1. The van der Waals surface area contributed by atoms with Crippen LogP contribution in [0.5, 0.6) is 5.75 Å². The van der Waals surface area contributed by atoms with E-state index in [1.807, 2.05) is 11.9 Å². The van der Waals surface area contributed by atoms with Gasteiger partial charge in [0.15, 0.2) is 0 Å². The van der Waals surface area contributed by atoms with Gasteiger partial charge in [-0.05, 0) is 35.6 Å². The van der Waals surface area contributed by atoms with Gasteiger partial charge in [0.1, 0.15) is 18.2 Å². The Morgan fingerprint density at radius 1 is 1.12 bits per heavy atom. The van der Waals surface area contributed by atoms with Crippen LogP contribution in [0.3, 0.4) is 0 Å². The fraction of sp³-hybridized carbons (Fsp3) is 0.500. The number of likely N-dealkylation sites (tertiary alicyclic amines) is 1. The minimum absolute atomic E-state index is 0.0666.